The molecule has 1 atom stereocenters. The molecule has 0 unspecified atom stereocenters. The van der Waals surface area contributed by atoms with E-state index in [1.165, 1.54) is 0 Å². The Balaban J connectivity index is 1.35. The predicted molar refractivity (Wildman–Crippen MR) is 114 cm³/mol. The predicted octanol–water partition coefficient (Wildman–Crippen LogP) is 2.98. The SMILES string of the molecule is Cc1noc(C)c1S(=O)(=O)NCCC(=O)N1CCC[C@H](c2nc3ccccc3s2)C1. The zero-order chi connectivity index (χ0) is 21.3. The lowest BCUT2D eigenvalue weighted by molar-refractivity contribution is -0.132. The average molecular weight is 449 g/mol. The van der Waals surface area contributed by atoms with Crippen LogP contribution in [-0.4, -0.2) is 49.0 Å². The van der Waals surface area contributed by atoms with Crippen molar-refractivity contribution in [2.24, 2.45) is 0 Å². The fraction of sp³-hybridized carbons (Fsp3) is 0.450. The smallest absolute Gasteiger partial charge is 0.245 e. The van der Waals surface area contributed by atoms with E-state index in [0.717, 1.165) is 28.1 Å². The number of para-hydroxylation sites is 1. The topological polar surface area (TPSA) is 105 Å². The van der Waals surface area contributed by atoms with E-state index >= 15 is 0 Å². The Morgan fingerprint density at radius 1 is 1.33 bits per heavy atom. The van der Waals surface area contributed by atoms with E-state index in [2.05, 4.69) is 15.9 Å². The Hall–Kier alpha value is -2.30. The van der Waals surface area contributed by atoms with Crippen LogP contribution in [0.1, 0.15) is 41.6 Å². The second kappa shape index (κ2) is 8.44. The third-order valence-corrected chi connectivity index (χ3v) is 8.20. The van der Waals surface area contributed by atoms with Crippen LogP contribution in [0.4, 0.5) is 0 Å². The highest BCUT2D eigenvalue weighted by Gasteiger charge is 2.28. The van der Waals surface area contributed by atoms with Crippen molar-refractivity contribution in [2.45, 2.75) is 43.9 Å². The zero-order valence-electron chi connectivity index (χ0n) is 16.9. The summed E-state index contributed by atoms with van der Waals surface area (Å²) in [5.41, 5.74) is 1.30. The fourth-order valence-corrected chi connectivity index (χ4v) is 6.30. The number of aromatic nitrogens is 2. The van der Waals surface area contributed by atoms with Gasteiger partial charge in [0.2, 0.25) is 15.9 Å². The maximum atomic E-state index is 12.7. The van der Waals surface area contributed by atoms with Crippen LogP contribution in [0, 0.1) is 13.8 Å². The van der Waals surface area contributed by atoms with Crippen LogP contribution < -0.4 is 4.72 Å². The van der Waals surface area contributed by atoms with Gasteiger partial charge in [0.15, 0.2) is 5.76 Å². The molecule has 3 heterocycles. The van der Waals surface area contributed by atoms with Crippen LogP contribution in [0.3, 0.4) is 0 Å². The van der Waals surface area contributed by atoms with Gasteiger partial charge in [0.05, 0.1) is 15.2 Å². The van der Waals surface area contributed by atoms with Crippen LogP contribution in [0.2, 0.25) is 0 Å². The van der Waals surface area contributed by atoms with Crippen LogP contribution in [0.25, 0.3) is 10.2 Å². The number of sulfonamides is 1. The number of hydrogen-bond donors (Lipinski definition) is 1. The Labute approximate surface area is 179 Å². The molecule has 8 nitrogen and oxygen atoms in total. The number of fused-ring (bicyclic) bond motifs is 1. The van der Waals surface area contributed by atoms with E-state index in [1.54, 1.807) is 25.2 Å². The minimum Gasteiger partial charge on any atom is -0.360 e. The minimum absolute atomic E-state index is 0.0352. The number of piperidine rings is 1. The molecule has 0 saturated carbocycles. The van der Waals surface area contributed by atoms with Crippen LogP contribution in [0.5, 0.6) is 0 Å². The van der Waals surface area contributed by atoms with Gasteiger partial charge in [0.25, 0.3) is 0 Å². The van der Waals surface area contributed by atoms with E-state index in [1.807, 2.05) is 23.1 Å². The lowest BCUT2D eigenvalue weighted by Crippen LogP contribution is -2.40. The van der Waals surface area contributed by atoms with E-state index in [0.29, 0.717) is 18.8 Å². The molecule has 0 radical (unpaired) electrons. The first-order chi connectivity index (χ1) is 14.3. The molecule has 30 heavy (non-hydrogen) atoms. The third-order valence-electron chi connectivity index (χ3n) is 5.30. The van der Waals surface area contributed by atoms with Crippen molar-refractivity contribution in [1.29, 1.82) is 0 Å². The Morgan fingerprint density at radius 2 is 2.13 bits per heavy atom. The third kappa shape index (κ3) is 4.26. The highest BCUT2D eigenvalue weighted by Crippen LogP contribution is 2.33. The summed E-state index contributed by atoms with van der Waals surface area (Å²) < 4.78 is 33.5. The van der Waals surface area contributed by atoms with Gasteiger partial charge in [-0.1, -0.05) is 17.3 Å². The summed E-state index contributed by atoms with van der Waals surface area (Å²) in [5, 5.41) is 4.74. The largest absolute Gasteiger partial charge is 0.360 e. The summed E-state index contributed by atoms with van der Waals surface area (Å²) in [6.45, 7) is 4.47. The number of rotatable bonds is 6. The van der Waals surface area contributed by atoms with Crippen molar-refractivity contribution in [1.82, 2.24) is 19.8 Å². The minimum atomic E-state index is -3.76. The monoisotopic (exact) mass is 448 g/mol. The summed E-state index contributed by atoms with van der Waals surface area (Å²) in [6.07, 6.45) is 2.02. The van der Waals surface area contributed by atoms with E-state index in [-0.39, 0.29) is 35.4 Å². The van der Waals surface area contributed by atoms with Gasteiger partial charge in [-0.3, -0.25) is 4.79 Å². The van der Waals surface area contributed by atoms with Crippen molar-refractivity contribution < 1.29 is 17.7 Å². The first-order valence-corrected chi connectivity index (χ1v) is 12.2. The molecule has 0 aliphatic carbocycles. The molecule has 4 rings (SSSR count). The molecule has 1 aliphatic rings. The van der Waals surface area contributed by atoms with Crippen LogP contribution in [-0.2, 0) is 14.8 Å². The number of thiazole rings is 1. The summed E-state index contributed by atoms with van der Waals surface area (Å²) in [5.74, 6) is 0.405. The molecule has 10 heteroatoms. The van der Waals surface area contributed by atoms with Crippen LogP contribution >= 0.6 is 11.3 Å². The number of hydrogen-bond acceptors (Lipinski definition) is 7. The van der Waals surface area contributed by atoms with Crippen molar-refractivity contribution >= 4 is 37.5 Å². The Kier molecular flexibility index (Phi) is 5.90. The van der Waals surface area contributed by atoms with Gasteiger partial charge < -0.3 is 9.42 Å². The normalized spacial score (nSPS) is 17.5. The van der Waals surface area contributed by atoms with E-state index < -0.39 is 10.0 Å². The molecule has 1 aliphatic heterocycles. The van der Waals surface area contributed by atoms with E-state index in [9.17, 15) is 13.2 Å². The number of aryl methyl sites for hydroxylation is 2. The Morgan fingerprint density at radius 3 is 2.87 bits per heavy atom. The van der Waals surface area contributed by atoms with Gasteiger partial charge in [-0.25, -0.2) is 18.1 Å². The van der Waals surface area contributed by atoms with Gasteiger partial charge >= 0.3 is 0 Å². The lowest BCUT2D eigenvalue weighted by atomic mass is 9.98. The standard InChI is InChI=1S/C20H24N4O4S2/c1-13-19(14(2)28-23-13)30(26,27)21-10-9-18(25)24-11-5-6-15(12-24)20-22-16-7-3-4-8-17(16)29-20/h3-4,7-8,15,21H,5-6,9-12H2,1-2H3/t15-/m0/s1. The molecule has 1 saturated heterocycles. The number of likely N-dealkylation sites (tertiary alicyclic amines) is 1. The zero-order valence-corrected chi connectivity index (χ0v) is 18.6. The number of carbonyl (C=O) groups excluding carboxylic acids is 1. The maximum Gasteiger partial charge on any atom is 0.245 e. The number of amides is 1. The van der Waals surface area contributed by atoms with Gasteiger partial charge in [-0.05, 0) is 38.8 Å². The molecule has 160 valence electrons. The number of nitrogens with zero attached hydrogens (tertiary/aromatic N) is 3. The summed E-state index contributed by atoms with van der Waals surface area (Å²) in [6, 6.07) is 8.05. The van der Waals surface area contributed by atoms with Gasteiger partial charge in [0.1, 0.15) is 10.6 Å². The quantitative estimate of drug-likeness (QED) is 0.621. The molecule has 1 aromatic carbocycles. The molecule has 1 amide bonds. The molecule has 0 spiro atoms. The number of carbonyl (C=O) groups is 1. The van der Waals surface area contributed by atoms with Gasteiger partial charge in [0, 0.05) is 32.0 Å². The van der Waals surface area contributed by atoms with Gasteiger partial charge in [-0.15, -0.1) is 11.3 Å². The molecule has 3 aromatic rings. The first-order valence-electron chi connectivity index (χ1n) is 9.91. The Bertz CT molecular complexity index is 1120. The van der Waals surface area contributed by atoms with Crippen molar-refractivity contribution in [2.75, 3.05) is 19.6 Å². The highest BCUT2D eigenvalue weighted by molar-refractivity contribution is 7.89. The molecular formula is C20H24N4O4S2. The van der Waals surface area contributed by atoms with Crippen molar-refractivity contribution in [3.63, 3.8) is 0 Å². The molecule has 2 aromatic heterocycles. The summed E-state index contributed by atoms with van der Waals surface area (Å²) >= 11 is 1.68. The second-order valence-corrected chi connectivity index (χ2v) is 10.3. The molecule has 1 N–H and O–H groups in total. The average Bonchev–Trinajstić information content (AvgIpc) is 3.31. The number of nitrogens with one attached hydrogen (secondary N) is 1. The van der Waals surface area contributed by atoms with Crippen molar-refractivity contribution in [3.8, 4) is 0 Å². The van der Waals surface area contributed by atoms with Crippen LogP contribution in [0.15, 0.2) is 33.7 Å². The van der Waals surface area contributed by atoms with E-state index in [4.69, 9.17) is 9.51 Å². The molecular weight excluding hydrogens is 424 g/mol. The maximum absolute atomic E-state index is 12.7. The molecule has 0 bridgehead atoms. The summed E-state index contributed by atoms with van der Waals surface area (Å²) in [7, 11) is -3.76. The second-order valence-electron chi connectivity index (χ2n) is 7.50. The fourth-order valence-electron chi connectivity index (χ4n) is 3.85. The van der Waals surface area contributed by atoms with Gasteiger partial charge in [-0.2, -0.15) is 0 Å². The molecule has 1 fully saturated rings. The number of benzene rings is 1. The highest BCUT2D eigenvalue weighted by atomic mass is 32.2. The lowest BCUT2D eigenvalue weighted by Gasteiger charge is -2.32. The first kappa shape index (κ1) is 21.0. The summed E-state index contributed by atoms with van der Waals surface area (Å²) in [4.78, 5) is 19.3. The van der Waals surface area contributed by atoms with Crippen molar-refractivity contribution in [3.05, 3.63) is 40.7 Å².